The molecule has 1 aliphatic carbocycles. The average Bonchev–Trinajstić information content (AvgIpc) is 3.20. The van der Waals surface area contributed by atoms with Gasteiger partial charge in [0.15, 0.2) is 5.82 Å². The molecule has 29 heavy (non-hydrogen) atoms. The van der Waals surface area contributed by atoms with Gasteiger partial charge in [-0.15, -0.1) is 5.10 Å². The molecule has 152 valence electrons. The van der Waals surface area contributed by atoms with Gasteiger partial charge in [0.05, 0.1) is 18.8 Å². The highest BCUT2D eigenvalue weighted by Crippen LogP contribution is 2.32. The largest absolute Gasteiger partial charge is 0.353 e. The van der Waals surface area contributed by atoms with Crippen molar-refractivity contribution in [2.45, 2.75) is 44.8 Å². The Hall–Kier alpha value is -3.07. The molecule has 1 saturated carbocycles. The van der Waals surface area contributed by atoms with E-state index in [4.69, 9.17) is 5.73 Å². The van der Waals surface area contributed by atoms with Crippen LogP contribution >= 0.6 is 0 Å². The monoisotopic (exact) mass is 394 g/mol. The van der Waals surface area contributed by atoms with Crippen molar-refractivity contribution in [3.63, 3.8) is 0 Å². The fourth-order valence-corrected chi connectivity index (χ4v) is 3.27. The minimum atomic E-state index is -0.319. The number of benzene rings is 1. The van der Waals surface area contributed by atoms with Crippen LogP contribution in [-0.4, -0.2) is 42.2 Å². The van der Waals surface area contributed by atoms with Crippen LogP contribution in [0.1, 0.15) is 36.1 Å². The number of nitrogens with zero attached hydrogens (tertiary/aromatic N) is 6. The lowest BCUT2D eigenvalue weighted by molar-refractivity contribution is -0.121. The lowest BCUT2D eigenvalue weighted by Gasteiger charge is -2.13. The van der Waals surface area contributed by atoms with Crippen molar-refractivity contribution in [1.29, 1.82) is 0 Å². The molecule has 1 fully saturated rings. The van der Waals surface area contributed by atoms with Gasteiger partial charge in [0, 0.05) is 19.2 Å². The normalized spacial score (nSPS) is 14.7. The summed E-state index contributed by atoms with van der Waals surface area (Å²) in [6, 6.07) is 9.74. The summed E-state index contributed by atoms with van der Waals surface area (Å²) in [6.45, 7) is 1.14. The van der Waals surface area contributed by atoms with E-state index in [1.54, 1.807) is 21.8 Å². The molecule has 0 radical (unpaired) electrons. The Morgan fingerprint density at radius 1 is 1.28 bits per heavy atom. The number of rotatable bonds is 10. The summed E-state index contributed by atoms with van der Waals surface area (Å²) in [5, 5.41) is 15.1. The lowest BCUT2D eigenvalue weighted by atomic mass is 10.1. The van der Waals surface area contributed by atoms with Crippen molar-refractivity contribution in [3.8, 4) is 0 Å². The van der Waals surface area contributed by atoms with Gasteiger partial charge in [-0.2, -0.15) is 5.10 Å². The zero-order valence-electron chi connectivity index (χ0n) is 16.3. The van der Waals surface area contributed by atoms with Crippen LogP contribution in [0.25, 0.3) is 0 Å². The highest BCUT2D eigenvalue weighted by molar-refractivity contribution is 5.75. The molecule has 3 aromatic rings. The number of carbonyl (C=O) groups is 1. The predicted octanol–water partition coefficient (Wildman–Crippen LogP) is 0.881. The van der Waals surface area contributed by atoms with E-state index in [0.29, 0.717) is 31.3 Å². The molecule has 2 heterocycles. The van der Waals surface area contributed by atoms with Gasteiger partial charge in [-0.3, -0.25) is 9.48 Å². The molecule has 9 heteroatoms. The summed E-state index contributed by atoms with van der Waals surface area (Å²) in [4.78, 5) is 17.1. The first-order chi connectivity index (χ1) is 14.2. The average molecular weight is 394 g/mol. The number of nitrogens with two attached hydrogens (primary N) is 1. The Balaban J connectivity index is 1.40. The van der Waals surface area contributed by atoms with Crippen molar-refractivity contribution in [3.05, 3.63) is 59.9 Å². The molecular weight excluding hydrogens is 368 g/mol. The Kier molecular flexibility index (Phi) is 5.95. The molecule has 1 aliphatic rings. The lowest BCUT2D eigenvalue weighted by Crippen LogP contribution is -2.32. The molecule has 0 saturated heterocycles. The van der Waals surface area contributed by atoms with Crippen LogP contribution in [0.3, 0.4) is 0 Å². The maximum atomic E-state index is 12.4. The predicted molar refractivity (Wildman–Crippen MR) is 107 cm³/mol. The van der Waals surface area contributed by atoms with Crippen molar-refractivity contribution in [2.24, 2.45) is 11.7 Å². The van der Waals surface area contributed by atoms with Gasteiger partial charge in [-0.25, -0.2) is 9.67 Å². The van der Waals surface area contributed by atoms with Crippen LogP contribution in [-0.2, 0) is 30.7 Å². The summed E-state index contributed by atoms with van der Waals surface area (Å²) < 4.78 is 3.33. The summed E-state index contributed by atoms with van der Waals surface area (Å²) in [5.41, 5.74) is 7.59. The fourth-order valence-electron chi connectivity index (χ4n) is 3.27. The number of hydrogen-bond donors (Lipinski definition) is 2. The minimum absolute atomic E-state index is 0.104. The van der Waals surface area contributed by atoms with Crippen molar-refractivity contribution < 1.29 is 4.79 Å². The van der Waals surface area contributed by atoms with E-state index in [9.17, 15) is 4.79 Å². The van der Waals surface area contributed by atoms with Crippen LogP contribution in [0, 0.1) is 5.92 Å². The molecule has 1 atom stereocenters. The van der Waals surface area contributed by atoms with E-state index in [1.165, 1.54) is 12.8 Å². The van der Waals surface area contributed by atoms with Crippen molar-refractivity contribution >= 4 is 5.91 Å². The molecule has 9 nitrogen and oxygen atoms in total. The zero-order chi connectivity index (χ0) is 20.1. The first-order valence-electron chi connectivity index (χ1n) is 10.0. The van der Waals surface area contributed by atoms with Crippen LogP contribution in [0.15, 0.2) is 42.7 Å². The van der Waals surface area contributed by atoms with Gasteiger partial charge in [0.2, 0.25) is 5.91 Å². The van der Waals surface area contributed by atoms with Crippen LogP contribution in [0.2, 0.25) is 0 Å². The number of nitrogens with one attached hydrogen (secondary N) is 1. The third-order valence-electron chi connectivity index (χ3n) is 4.97. The Bertz CT molecular complexity index is 917. The maximum Gasteiger partial charge on any atom is 0.241 e. The number of hydrogen-bond acceptors (Lipinski definition) is 6. The summed E-state index contributed by atoms with van der Waals surface area (Å²) in [7, 11) is 0. The third kappa shape index (κ3) is 5.47. The first-order valence-corrected chi connectivity index (χ1v) is 10.0. The molecule has 0 bridgehead atoms. The fraction of sp³-hybridized carbons (Fsp3) is 0.450. The van der Waals surface area contributed by atoms with Gasteiger partial charge in [0.1, 0.15) is 12.4 Å². The molecule has 4 rings (SSSR count). The number of aromatic nitrogens is 6. The van der Waals surface area contributed by atoms with Gasteiger partial charge >= 0.3 is 0 Å². The topological polar surface area (TPSA) is 117 Å². The van der Waals surface area contributed by atoms with E-state index in [0.717, 1.165) is 17.8 Å². The Morgan fingerprint density at radius 2 is 2.10 bits per heavy atom. The van der Waals surface area contributed by atoms with Crippen LogP contribution in [0.4, 0.5) is 0 Å². The molecule has 0 unspecified atom stereocenters. The molecular formula is C20H26N8O. The van der Waals surface area contributed by atoms with Crippen LogP contribution in [0.5, 0.6) is 0 Å². The summed E-state index contributed by atoms with van der Waals surface area (Å²) in [5.74, 6) is 1.99. The standard InChI is InChI=1S/C20H26N8O/c21-17(12-15-4-2-1-3-5-15)20-24-18(13-16-6-7-16)25-28(20)14-19(29)22-8-10-27-11-9-23-26-27/h1-5,9,11,16-17H,6-8,10,12-14,21H2,(H,22,29)/t17-/m1/s1. The Morgan fingerprint density at radius 3 is 2.83 bits per heavy atom. The van der Waals surface area contributed by atoms with Crippen molar-refractivity contribution in [1.82, 2.24) is 35.1 Å². The molecule has 0 spiro atoms. The van der Waals surface area contributed by atoms with Crippen molar-refractivity contribution in [2.75, 3.05) is 6.54 Å². The molecule has 2 aromatic heterocycles. The summed E-state index contributed by atoms with van der Waals surface area (Å²) >= 11 is 0. The van der Waals surface area contributed by atoms with E-state index in [-0.39, 0.29) is 18.5 Å². The minimum Gasteiger partial charge on any atom is -0.353 e. The second-order valence-electron chi connectivity index (χ2n) is 7.50. The highest BCUT2D eigenvalue weighted by atomic mass is 16.2. The van der Waals surface area contributed by atoms with E-state index >= 15 is 0 Å². The second-order valence-corrected chi connectivity index (χ2v) is 7.50. The quantitative estimate of drug-likeness (QED) is 0.527. The Labute approximate surface area is 169 Å². The van der Waals surface area contributed by atoms with Crippen LogP contribution < -0.4 is 11.1 Å². The van der Waals surface area contributed by atoms with E-state index < -0.39 is 0 Å². The summed E-state index contributed by atoms with van der Waals surface area (Å²) in [6.07, 6.45) is 7.32. The van der Waals surface area contributed by atoms with E-state index in [2.05, 4.69) is 25.7 Å². The third-order valence-corrected chi connectivity index (χ3v) is 4.97. The zero-order valence-corrected chi connectivity index (χ0v) is 16.3. The number of amides is 1. The van der Waals surface area contributed by atoms with Gasteiger partial charge in [0.25, 0.3) is 0 Å². The first kappa shape index (κ1) is 19.3. The molecule has 1 amide bonds. The highest BCUT2D eigenvalue weighted by Gasteiger charge is 2.26. The molecule has 3 N–H and O–H groups in total. The second kappa shape index (κ2) is 8.95. The number of carbonyl (C=O) groups excluding carboxylic acids is 1. The van der Waals surface area contributed by atoms with Gasteiger partial charge in [-0.05, 0) is 30.7 Å². The van der Waals surface area contributed by atoms with Gasteiger partial charge < -0.3 is 11.1 Å². The SMILES string of the molecule is N[C@H](Cc1ccccc1)c1nc(CC2CC2)nn1CC(=O)NCCn1ccnn1. The molecule has 0 aliphatic heterocycles. The molecule has 1 aromatic carbocycles. The van der Waals surface area contributed by atoms with Gasteiger partial charge in [-0.1, -0.05) is 35.5 Å². The maximum absolute atomic E-state index is 12.4. The van der Waals surface area contributed by atoms with E-state index in [1.807, 2.05) is 30.3 Å². The smallest absolute Gasteiger partial charge is 0.241 e.